The largest absolute Gasteiger partial charge is 0.324 e. The van der Waals surface area contributed by atoms with Crippen LogP contribution in [0.15, 0.2) is 57.9 Å². The second-order valence-electron chi connectivity index (χ2n) is 4.04. The first kappa shape index (κ1) is 11.8. The molecular weight excluding hydrogens is 310 g/mol. The van der Waals surface area contributed by atoms with Gasteiger partial charge in [0.25, 0.3) is 0 Å². The Morgan fingerprint density at radius 2 is 1.94 bits per heavy atom. The number of carbonyl (C=O) groups is 1. The molecule has 0 bridgehead atoms. The third-order valence-electron chi connectivity index (χ3n) is 2.78. The molecule has 4 heteroatoms. The number of thioether (sulfide) groups is 1. The molecule has 0 radical (unpaired) electrons. The van der Waals surface area contributed by atoms with E-state index in [4.69, 9.17) is 0 Å². The van der Waals surface area contributed by atoms with Gasteiger partial charge in [0.2, 0.25) is 5.91 Å². The Labute approximate surface area is 118 Å². The molecule has 1 heterocycles. The molecule has 1 aliphatic heterocycles. The van der Waals surface area contributed by atoms with Crippen LogP contribution >= 0.6 is 27.7 Å². The first-order chi connectivity index (χ1) is 8.74. The monoisotopic (exact) mass is 319 g/mol. The summed E-state index contributed by atoms with van der Waals surface area (Å²) in [5.74, 6) is 0.0387. The summed E-state index contributed by atoms with van der Waals surface area (Å²) >= 11 is 5.03. The van der Waals surface area contributed by atoms with Crippen molar-refractivity contribution >= 4 is 39.3 Å². The summed E-state index contributed by atoms with van der Waals surface area (Å²) in [5, 5.41) is 2.77. The van der Waals surface area contributed by atoms with Gasteiger partial charge in [-0.15, -0.1) is 11.8 Å². The van der Waals surface area contributed by atoms with E-state index in [1.54, 1.807) is 11.8 Å². The summed E-state index contributed by atoms with van der Waals surface area (Å²) in [6.45, 7) is 0. The summed E-state index contributed by atoms with van der Waals surface area (Å²) in [5.41, 5.74) is 1.92. The van der Waals surface area contributed by atoms with Crippen molar-refractivity contribution in [3.05, 3.63) is 58.6 Å². The summed E-state index contributed by atoms with van der Waals surface area (Å²) < 4.78 is 0.993. The zero-order chi connectivity index (χ0) is 12.5. The number of anilines is 1. The van der Waals surface area contributed by atoms with Gasteiger partial charge in [0.1, 0.15) is 5.25 Å². The molecule has 2 aromatic carbocycles. The summed E-state index contributed by atoms with van der Waals surface area (Å²) in [6, 6.07) is 15.8. The van der Waals surface area contributed by atoms with Crippen molar-refractivity contribution in [3.63, 3.8) is 0 Å². The topological polar surface area (TPSA) is 29.1 Å². The second-order valence-corrected chi connectivity index (χ2v) is 6.10. The summed E-state index contributed by atoms with van der Waals surface area (Å²) in [7, 11) is 0. The van der Waals surface area contributed by atoms with Crippen molar-refractivity contribution in [3.8, 4) is 0 Å². The maximum absolute atomic E-state index is 12.1. The van der Waals surface area contributed by atoms with Crippen LogP contribution in [-0.4, -0.2) is 5.91 Å². The predicted molar refractivity (Wildman–Crippen MR) is 77.8 cm³/mol. The van der Waals surface area contributed by atoms with Crippen LogP contribution in [0.3, 0.4) is 0 Å². The van der Waals surface area contributed by atoms with Gasteiger partial charge in [-0.1, -0.05) is 40.2 Å². The lowest BCUT2D eigenvalue weighted by atomic mass is 10.1. The minimum atomic E-state index is -0.183. The van der Waals surface area contributed by atoms with Crippen LogP contribution in [0.25, 0.3) is 0 Å². The zero-order valence-corrected chi connectivity index (χ0v) is 11.8. The van der Waals surface area contributed by atoms with E-state index in [2.05, 4.69) is 21.2 Å². The van der Waals surface area contributed by atoms with Crippen LogP contribution in [-0.2, 0) is 4.79 Å². The molecular formula is C14H10BrNOS. The fourth-order valence-corrected chi connectivity index (χ4v) is 3.46. The number of rotatable bonds is 1. The number of benzene rings is 2. The molecule has 0 spiro atoms. The van der Waals surface area contributed by atoms with Gasteiger partial charge >= 0.3 is 0 Å². The Balaban J connectivity index is 1.98. The molecule has 18 heavy (non-hydrogen) atoms. The van der Waals surface area contributed by atoms with E-state index in [9.17, 15) is 4.79 Å². The maximum Gasteiger partial charge on any atom is 0.242 e. The number of para-hydroxylation sites is 1. The highest BCUT2D eigenvalue weighted by Crippen LogP contribution is 2.43. The lowest BCUT2D eigenvalue weighted by Gasteiger charge is -2.24. The van der Waals surface area contributed by atoms with Gasteiger partial charge in [-0.25, -0.2) is 0 Å². The van der Waals surface area contributed by atoms with Crippen molar-refractivity contribution in [2.45, 2.75) is 10.1 Å². The van der Waals surface area contributed by atoms with Gasteiger partial charge in [0, 0.05) is 9.37 Å². The minimum absolute atomic E-state index is 0.0387. The zero-order valence-electron chi connectivity index (χ0n) is 9.39. The van der Waals surface area contributed by atoms with Gasteiger partial charge in [0.05, 0.1) is 5.69 Å². The highest BCUT2D eigenvalue weighted by Gasteiger charge is 2.28. The number of halogens is 1. The van der Waals surface area contributed by atoms with E-state index in [0.29, 0.717) is 0 Å². The Hall–Kier alpha value is -1.26. The van der Waals surface area contributed by atoms with Crippen LogP contribution < -0.4 is 5.32 Å². The van der Waals surface area contributed by atoms with Crippen molar-refractivity contribution in [1.29, 1.82) is 0 Å². The molecule has 90 valence electrons. The van der Waals surface area contributed by atoms with E-state index in [0.717, 1.165) is 20.6 Å². The quantitative estimate of drug-likeness (QED) is 0.852. The number of carbonyl (C=O) groups excluding carboxylic acids is 1. The van der Waals surface area contributed by atoms with E-state index in [1.807, 2.05) is 48.5 Å². The molecule has 1 aliphatic rings. The third kappa shape index (κ3) is 2.18. The average molecular weight is 320 g/mol. The van der Waals surface area contributed by atoms with Crippen molar-refractivity contribution in [2.75, 3.05) is 5.32 Å². The van der Waals surface area contributed by atoms with Gasteiger partial charge in [-0.2, -0.15) is 0 Å². The Morgan fingerprint density at radius 1 is 1.11 bits per heavy atom. The molecule has 2 nitrogen and oxygen atoms in total. The van der Waals surface area contributed by atoms with Crippen LogP contribution in [0.5, 0.6) is 0 Å². The molecule has 0 saturated carbocycles. The summed E-state index contributed by atoms with van der Waals surface area (Å²) in [6.07, 6.45) is 0. The maximum atomic E-state index is 12.1. The number of amides is 1. The van der Waals surface area contributed by atoms with Gasteiger partial charge in [0.15, 0.2) is 0 Å². The molecule has 0 aliphatic carbocycles. The standard InChI is InChI=1S/C14H10BrNOS/c15-10-5-3-4-9(8-10)13-14(17)16-11-6-1-2-7-12(11)18-13/h1-8,13H,(H,16,17). The average Bonchev–Trinajstić information content (AvgIpc) is 2.38. The van der Waals surface area contributed by atoms with E-state index in [-0.39, 0.29) is 11.2 Å². The molecule has 1 atom stereocenters. The van der Waals surface area contributed by atoms with Crippen molar-refractivity contribution in [2.24, 2.45) is 0 Å². The smallest absolute Gasteiger partial charge is 0.242 e. The fourth-order valence-electron chi connectivity index (χ4n) is 1.94. The molecule has 1 N–H and O–H groups in total. The van der Waals surface area contributed by atoms with E-state index >= 15 is 0 Å². The molecule has 0 saturated heterocycles. The molecule has 3 rings (SSSR count). The Morgan fingerprint density at radius 3 is 2.78 bits per heavy atom. The van der Waals surface area contributed by atoms with Crippen molar-refractivity contribution in [1.82, 2.24) is 0 Å². The van der Waals surface area contributed by atoms with Crippen LogP contribution in [0.1, 0.15) is 10.8 Å². The molecule has 2 aromatic rings. The number of hydrogen-bond acceptors (Lipinski definition) is 2. The first-order valence-electron chi connectivity index (χ1n) is 5.56. The van der Waals surface area contributed by atoms with Gasteiger partial charge < -0.3 is 5.32 Å². The van der Waals surface area contributed by atoms with Gasteiger partial charge in [-0.3, -0.25) is 4.79 Å². The molecule has 1 amide bonds. The van der Waals surface area contributed by atoms with Crippen LogP contribution in [0, 0.1) is 0 Å². The van der Waals surface area contributed by atoms with Gasteiger partial charge in [-0.05, 0) is 29.8 Å². The number of hydrogen-bond donors (Lipinski definition) is 1. The third-order valence-corrected chi connectivity index (χ3v) is 4.60. The van der Waals surface area contributed by atoms with E-state index < -0.39 is 0 Å². The SMILES string of the molecule is O=C1Nc2ccccc2SC1c1cccc(Br)c1. The van der Waals surface area contributed by atoms with Crippen molar-refractivity contribution < 1.29 is 4.79 Å². The molecule has 0 fully saturated rings. The number of fused-ring (bicyclic) bond motifs is 1. The normalized spacial score (nSPS) is 18.1. The molecule has 1 unspecified atom stereocenters. The summed E-state index contributed by atoms with van der Waals surface area (Å²) in [4.78, 5) is 13.2. The predicted octanol–water partition coefficient (Wildman–Crippen LogP) is 4.23. The number of nitrogens with one attached hydrogen (secondary N) is 1. The van der Waals surface area contributed by atoms with Crippen LogP contribution in [0.4, 0.5) is 5.69 Å². The van der Waals surface area contributed by atoms with Crippen LogP contribution in [0.2, 0.25) is 0 Å². The fraction of sp³-hybridized carbons (Fsp3) is 0.0714. The van der Waals surface area contributed by atoms with E-state index in [1.165, 1.54) is 0 Å². The highest BCUT2D eigenvalue weighted by atomic mass is 79.9. The first-order valence-corrected chi connectivity index (χ1v) is 7.23. The second kappa shape index (κ2) is 4.78. The lowest BCUT2D eigenvalue weighted by Crippen LogP contribution is -2.22. The lowest BCUT2D eigenvalue weighted by molar-refractivity contribution is -0.115. The highest BCUT2D eigenvalue weighted by molar-refractivity contribution is 9.10. The molecule has 0 aromatic heterocycles. The minimum Gasteiger partial charge on any atom is -0.324 e. The Kier molecular flexibility index (Phi) is 3.14. The Bertz CT molecular complexity index is 614.